The smallest absolute Gasteiger partial charge is 0.216 e. The van der Waals surface area contributed by atoms with Crippen LogP contribution in [0.5, 0.6) is 5.88 Å². The molecule has 0 bridgehead atoms. The number of methoxy groups -OCH3 is 1. The number of rotatable bonds is 2. The van der Waals surface area contributed by atoms with Crippen LogP contribution in [-0.4, -0.2) is 21.5 Å². The Bertz CT molecular complexity index is 441. The topological polar surface area (TPSA) is 47.9 Å². The monoisotopic (exact) mass is 207 g/mol. The largest absolute Gasteiger partial charge is 0.481 e. The zero-order chi connectivity index (χ0) is 9.97. The molecule has 0 spiro atoms. The van der Waals surface area contributed by atoms with Gasteiger partial charge in [-0.1, -0.05) is 0 Å². The highest BCUT2D eigenvalue weighted by Gasteiger charge is 2.04. The lowest BCUT2D eigenvalue weighted by Gasteiger charge is -1.98. The summed E-state index contributed by atoms with van der Waals surface area (Å²) in [6.07, 6.45) is 1.49. The molecule has 0 saturated carbocycles. The summed E-state index contributed by atoms with van der Waals surface area (Å²) in [5.41, 5.74) is 1.85. The minimum Gasteiger partial charge on any atom is -0.481 e. The second-order valence-corrected chi connectivity index (χ2v) is 3.58. The molecule has 0 atom stereocenters. The third-order valence-corrected chi connectivity index (χ3v) is 2.63. The molecule has 0 amide bonds. The van der Waals surface area contributed by atoms with Crippen molar-refractivity contribution in [3.8, 4) is 16.5 Å². The molecule has 2 heterocycles. The van der Waals surface area contributed by atoms with Crippen LogP contribution >= 0.6 is 11.5 Å². The van der Waals surface area contributed by atoms with Gasteiger partial charge in [-0.15, -0.1) is 0 Å². The van der Waals surface area contributed by atoms with E-state index < -0.39 is 0 Å². The molecule has 72 valence electrons. The van der Waals surface area contributed by atoms with E-state index in [0.29, 0.717) is 5.88 Å². The van der Waals surface area contributed by atoms with E-state index in [-0.39, 0.29) is 0 Å². The second-order valence-electron chi connectivity index (χ2n) is 2.78. The standard InChI is InChI=1S/C9H9N3OS/c1-6-3-8(14-12-6)7-4-9(13-2)11-5-10-7/h3-5H,1-2H3. The van der Waals surface area contributed by atoms with E-state index in [4.69, 9.17) is 4.74 Å². The minimum absolute atomic E-state index is 0.570. The van der Waals surface area contributed by atoms with Crippen molar-refractivity contribution in [3.63, 3.8) is 0 Å². The first kappa shape index (κ1) is 9.08. The first-order chi connectivity index (χ1) is 6.79. The Hall–Kier alpha value is -1.49. The van der Waals surface area contributed by atoms with Crippen LogP contribution in [0.1, 0.15) is 5.69 Å². The lowest BCUT2D eigenvalue weighted by molar-refractivity contribution is 0.397. The van der Waals surface area contributed by atoms with Crippen LogP contribution in [0.4, 0.5) is 0 Å². The van der Waals surface area contributed by atoms with Crippen molar-refractivity contribution in [1.29, 1.82) is 0 Å². The molecule has 0 fully saturated rings. The molecule has 4 nitrogen and oxygen atoms in total. The van der Waals surface area contributed by atoms with Crippen LogP contribution in [0.25, 0.3) is 10.6 Å². The molecule has 0 aliphatic heterocycles. The average molecular weight is 207 g/mol. The predicted octanol–water partition coefficient (Wildman–Crippen LogP) is 1.92. The Balaban J connectivity index is 2.41. The molecule has 0 aliphatic rings. The quantitative estimate of drug-likeness (QED) is 0.754. The van der Waals surface area contributed by atoms with Gasteiger partial charge in [-0.05, 0) is 24.5 Å². The molecule has 0 radical (unpaired) electrons. The lowest BCUT2D eigenvalue weighted by atomic mass is 10.3. The van der Waals surface area contributed by atoms with Crippen molar-refractivity contribution in [2.24, 2.45) is 0 Å². The van der Waals surface area contributed by atoms with Gasteiger partial charge < -0.3 is 4.74 Å². The molecule has 5 heteroatoms. The number of hydrogen-bond acceptors (Lipinski definition) is 5. The molecule has 0 unspecified atom stereocenters. The number of hydrogen-bond donors (Lipinski definition) is 0. The zero-order valence-corrected chi connectivity index (χ0v) is 8.71. The molecule has 14 heavy (non-hydrogen) atoms. The molecule has 2 aromatic rings. The average Bonchev–Trinajstić information content (AvgIpc) is 2.65. The Morgan fingerprint density at radius 2 is 2.14 bits per heavy atom. The van der Waals surface area contributed by atoms with Crippen molar-refractivity contribution in [2.45, 2.75) is 6.92 Å². The Kier molecular flexibility index (Phi) is 2.41. The van der Waals surface area contributed by atoms with Crippen LogP contribution in [0.15, 0.2) is 18.5 Å². The van der Waals surface area contributed by atoms with Gasteiger partial charge in [0.05, 0.1) is 23.4 Å². The summed E-state index contributed by atoms with van der Waals surface area (Å²) < 4.78 is 9.21. The molecule has 0 aromatic carbocycles. The van der Waals surface area contributed by atoms with Crippen LogP contribution in [-0.2, 0) is 0 Å². The van der Waals surface area contributed by atoms with Crippen molar-refractivity contribution >= 4 is 11.5 Å². The van der Waals surface area contributed by atoms with Crippen LogP contribution in [0, 0.1) is 6.92 Å². The lowest BCUT2D eigenvalue weighted by Crippen LogP contribution is -1.89. The van der Waals surface area contributed by atoms with E-state index in [0.717, 1.165) is 16.3 Å². The molecular weight excluding hydrogens is 198 g/mol. The van der Waals surface area contributed by atoms with Gasteiger partial charge in [0.15, 0.2) is 0 Å². The number of nitrogens with zero attached hydrogens (tertiary/aromatic N) is 3. The maximum absolute atomic E-state index is 5.02. The first-order valence-electron chi connectivity index (χ1n) is 4.09. The van der Waals surface area contributed by atoms with E-state index in [9.17, 15) is 0 Å². The number of ether oxygens (including phenoxy) is 1. The summed E-state index contributed by atoms with van der Waals surface area (Å²) in [6, 6.07) is 3.79. The van der Waals surface area contributed by atoms with E-state index >= 15 is 0 Å². The van der Waals surface area contributed by atoms with Crippen LogP contribution in [0.3, 0.4) is 0 Å². The third-order valence-electron chi connectivity index (χ3n) is 1.73. The van der Waals surface area contributed by atoms with Gasteiger partial charge >= 0.3 is 0 Å². The highest BCUT2D eigenvalue weighted by Crippen LogP contribution is 2.23. The Morgan fingerprint density at radius 3 is 2.79 bits per heavy atom. The number of aromatic nitrogens is 3. The van der Waals surface area contributed by atoms with Gasteiger partial charge in [0.1, 0.15) is 6.33 Å². The summed E-state index contributed by atoms with van der Waals surface area (Å²) in [7, 11) is 1.59. The second kappa shape index (κ2) is 3.71. The van der Waals surface area contributed by atoms with Crippen molar-refractivity contribution in [3.05, 3.63) is 24.2 Å². The van der Waals surface area contributed by atoms with E-state index in [1.54, 1.807) is 13.2 Å². The molecule has 0 N–H and O–H groups in total. The normalized spacial score (nSPS) is 10.1. The molecule has 2 aromatic heterocycles. The van der Waals surface area contributed by atoms with E-state index in [1.807, 2.05) is 13.0 Å². The van der Waals surface area contributed by atoms with Gasteiger partial charge in [-0.3, -0.25) is 0 Å². The van der Waals surface area contributed by atoms with Crippen molar-refractivity contribution in [1.82, 2.24) is 14.3 Å². The minimum atomic E-state index is 0.570. The summed E-state index contributed by atoms with van der Waals surface area (Å²) in [5, 5.41) is 0. The summed E-state index contributed by atoms with van der Waals surface area (Å²) in [5.74, 6) is 0.570. The third kappa shape index (κ3) is 1.72. The molecule has 2 rings (SSSR count). The maximum atomic E-state index is 5.02. The van der Waals surface area contributed by atoms with E-state index in [2.05, 4.69) is 14.3 Å². The predicted molar refractivity (Wildman–Crippen MR) is 54.4 cm³/mol. The highest BCUT2D eigenvalue weighted by molar-refractivity contribution is 7.09. The fourth-order valence-corrected chi connectivity index (χ4v) is 1.79. The van der Waals surface area contributed by atoms with Gasteiger partial charge in [-0.25, -0.2) is 9.97 Å². The molecular formula is C9H9N3OS. The van der Waals surface area contributed by atoms with Gasteiger partial charge in [-0.2, -0.15) is 4.37 Å². The van der Waals surface area contributed by atoms with Gasteiger partial charge in [0, 0.05) is 6.07 Å². The fraction of sp³-hybridized carbons (Fsp3) is 0.222. The molecule has 0 aliphatic carbocycles. The summed E-state index contributed by atoms with van der Waals surface area (Å²) in [6.45, 7) is 1.96. The Labute approximate surface area is 85.8 Å². The van der Waals surface area contributed by atoms with Crippen molar-refractivity contribution < 1.29 is 4.74 Å². The summed E-state index contributed by atoms with van der Waals surface area (Å²) in [4.78, 5) is 9.12. The summed E-state index contributed by atoms with van der Waals surface area (Å²) >= 11 is 1.43. The van der Waals surface area contributed by atoms with Crippen molar-refractivity contribution in [2.75, 3.05) is 7.11 Å². The van der Waals surface area contributed by atoms with Crippen LogP contribution in [0.2, 0.25) is 0 Å². The molecule has 0 saturated heterocycles. The van der Waals surface area contributed by atoms with E-state index in [1.165, 1.54) is 17.9 Å². The fourth-order valence-electron chi connectivity index (χ4n) is 1.07. The highest BCUT2D eigenvalue weighted by atomic mass is 32.1. The SMILES string of the molecule is COc1cc(-c2cc(C)ns2)ncn1. The Morgan fingerprint density at radius 1 is 1.29 bits per heavy atom. The van der Waals surface area contributed by atoms with Gasteiger partial charge in [0.25, 0.3) is 0 Å². The maximum Gasteiger partial charge on any atom is 0.216 e. The van der Waals surface area contributed by atoms with Gasteiger partial charge in [0.2, 0.25) is 5.88 Å². The first-order valence-corrected chi connectivity index (χ1v) is 4.86. The zero-order valence-electron chi connectivity index (χ0n) is 7.89. The number of aryl methyl sites for hydroxylation is 1. The van der Waals surface area contributed by atoms with Crippen LogP contribution < -0.4 is 4.74 Å².